The lowest BCUT2D eigenvalue weighted by atomic mass is 9.93. The van der Waals surface area contributed by atoms with Crippen molar-refractivity contribution in [1.82, 2.24) is 9.88 Å². The van der Waals surface area contributed by atoms with Crippen molar-refractivity contribution in [3.63, 3.8) is 0 Å². The monoisotopic (exact) mass is 454 g/mol. The zero-order valence-electron chi connectivity index (χ0n) is 16.6. The number of amides is 1. The lowest BCUT2D eigenvalue weighted by molar-refractivity contribution is -0.155. The number of benzene rings is 1. The summed E-state index contributed by atoms with van der Waals surface area (Å²) in [4.78, 5) is 31.5. The van der Waals surface area contributed by atoms with Gasteiger partial charge in [0.05, 0.1) is 17.8 Å². The van der Waals surface area contributed by atoms with Gasteiger partial charge in [-0.15, -0.1) is 11.6 Å². The molecule has 0 aliphatic carbocycles. The Hall–Kier alpha value is -1.82. The molecule has 0 saturated heterocycles. The molecule has 2 aromatic rings. The number of halogens is 3. The first-order chi connectivity index (χ1) is 13.5. The van der Waals surface area contributed by atoms with Gasteiger partial charge in [0.2, 0.25) is 0 Å². The summed E-state index contributed by atoms with van der Waals surface area (Å²) in [6.07, 6.45) is 0. The average Bonchev–Trinajstić information content (AvgIpc) is 2.87. The molecule has 0 radical (unpaired) electrons. The fourth-order valence-corrected chi connectivity index (χ4v) is 4.20. The molecule has 1 aliphatic rings. The molecule has 0 bridgehead atoms. The van der Waals surface area contributed by atoms with Crippen molar-refractivity contribution < 1.29 is 14.3 Å². The standard InChI is InChI=1S/C21H21Cl3N2O3/c1-11-14(8-22)18(13-6-5-12(23)7-15(13)24)19-16(25-11)9-26(20(19)28)10-17(27)29-21(2,3)4/h5-7H,8-10H2,1-4H3. The van der Waals surface area contributed by atoms with Crippen molar-refractivity contribution in [1.29, 1.82) is 0 Å². The second kappa shape index (κ2) is 8.13. The molecular weight excluding hydrogens is 435 g/mol. The number of aromatic nitrogens is 1. The molecule has 3 rings (SSSR count). The topological polar surface area (TPSA) is 59.5 Å². The van der Waals surface area contributed by atoms with Gasteiger partial charge in [-0.05, 0) is 45.4 Å². The zero-order valence-corrected chi connectivity index (χ0v) is 18.9. The van der Waals surface area contributed by atoms with Crippen LogP contribution in [0.2, 0.25) is 10.0 Å². The van der Waals surface area contributed by atoms with E-state index in [2.05, 4.69) is 4.98 Å². The molecule has 0 saturated carbocycles. The second-order valence-electron chi connectivity index (χ2n) is 7.88. The molecule has 0 N–H and O–H groups in total. The SMILES string of the molecule is Cc1nc2c(c(-c3ccc(Cl)cc3Cl)c1CCl)C(=O)N(CC(=O)OC(C)(C)C)C2. The third-order valence-electron chi connectivity index (χ3n) is 4.50. The summed E-state index contributed by atoms with van der Waals surface area (Å²) in [6.45, 7) is 7.24. The van der Waals surface area contributed by atoms with Gasteiger partial charge in [-0.1, -0.05) is 29.3 Å². The van der Waals surface area contributed by atoms with Gasteiger partial charge in [0.25, 0.3) is 5.91 Å². The molecule has 0 atom stereocenters. The normalized spacial score (nSPS) is 13.6. The smallest absolute Gasteiger partial charge is 0.326 e. The predicted molar refractivity (Wildman–Crippen MR) is 115 cm³/mol. The highest BCUT2D eigenvalue weighted by Crippen LogP contribution is 2.40. The van der Waals surface area contributed by atoms with Gasteiger partial charge in [0.1, 0.15) is 12.1 Å². The van der Waals surface area contributed by atoms with Crippen molar-refractivity contribution in [2.45, 2.75) is 45.7 Å². The Morgan fingerprint density at radius 3 is 2.52 bits per heavy atom. The van der Waals surface area contributed by atoms with E-state index in [1.807, 2.05) is 6.92 Å². The van der Waals surface area contributed by atoms with Crippen LogP contribution in [0.5, 0.6) is 0 Å². The van der Waals surface area contributed by atoms with E-state index in [1.54, 1.807) is 39.0 Å². The van der Waals surface area contributed by atoms with Gasteiger partial charge < -0.3 is 9.64 Å². The number of carbonyl (C=O) groups is 2. The molecule has 1 aliphatic heterocycles. The first-order valence-corrected chi connectivity index (χ1v) is 10.4. The maximum atomic E-state index is 13.2. The maximum absolute atomic E-state index is 13.2. The van der Waals surface area contributed by atoms with E-state index >= 15 is 0 Å². The number of hydrogen-bond acceptors (Lipinski definition) is 4. The first-order valence-electron chi connectivity index (χ1n) is 9.06. The number of esters is 1. The molecule has 29 heavy (non-hydrogen) atoms. The Morgan fingerprint density at radius 1 is 1.24 bits per heavy atom. The number of aryl methyl sites for hydroxylation is 1. The lowest BCUT2D eigenvalue weighted by Crippen LogP contribution is -2.35. The maximum Gasteiger partial charge on any atom is 0.326 e. The van der Waals surface area contributed by atoms with Crippen LogP contribution in [0.3, 0.4) is 0 Å². The third kappa shape index (κ3) is 4.52. The van der Waals surface area contributed by atoms with E-state index in [0.29, 0.717) is 38.1 Å². The molecule has 154 valence electrons. The Bertz CT molecular complexity index is 1000. The minimum absolute atomic E-state index is 0.157. The van der Waals surface area contributed by atoms with Crippen LogP contribution in [0.1, 0.15) is 48.1 Å². The van der Waals surface area contributed by atoms with Crippen LogP contribution in [-0.4, -0.2) is 33.9 Å². The number of pyridine rings is 1. The van der Waals surface area contributed by atoms with Crippen LogP contribution in [0, 0.1) is 6.92 Å². The predicted octanol–water partition coefficient (Wildman–Crippen LogP) is 5.40. The Balaban J connectivity index is 2.07. The highest BCUT2D eigenvalue weighted by atomic mass is 35.5. The van der Waals surface area contributed by atoms with Crippen LogP contribution >= 0.6 is 34.8 Å². The van der Waals surface area contributed by atoms with Crippen LogP contribution < -0.4 is 0 Å². The van der Waals surface area contributed by atoms with Gasteiger partial charge >= 0.3 is 5.97 Å². The number of rotatable bonds is 4. The molecule has 0 unspecified atom stereocenters. The second-order valence-corrected chi connectivity index (χ2v) is 8.99. The number of alkyl halides is 1. The molecule has 0 spiro atoms. The molecule has 8 heteroatoms. The van der Waals surface area contributed by atoms with Crippen molar-refractivity contribution in [2.75, 3.05) is 6.54 Å². The van der Waals surface area contributed by atoms with Crippen molar-refractivity contribution in [2.24, 2.45) is 0 Å². The summed E-state index contributed by atoms with van der Waals surface area (Å²) in [5.74, 6) is -0.607. The highest BCUT2D eigenvalue weighted by molar-refractivity contribution is 6.36. The number of hydrogen-bond donors (Lipinski definition) is 0. The Labute approximate surface area is 184 Å². The molecule has 5 nitrogen and oxygen atoms in total. The first kappa shape index (κ1) is 21.9. The third-order valence-corrected chi connectivity index (χ3v) is 5.31. The largest absolute Gasteiger partial charge is 0.459 e. The van der Waals surface area contributed by atoms with E-state index in [9.17, 15) is 9.59 Å². The molecule has 1 aromatic heterocycles. The van der Waals surface area contributed by atoms with Gasteiger partial charge in [-0.3, -0.25) is 14.6 Å². The van der Waals surface area contributed by atoms with E-state index < -0.39 is 11.6 Å². The summed E-state index contributed by atoms with van der Waals surface area (Å²) in [5, 5.41) is 0.904. The summed E-state index contributed by atoms with van der Waals surface area (Å²) in [5.41, 5.74) is 3.11. The van der Waals surface area contributed by atoms with Crippen molar-refractivity contribution in [3.05, 3.63) is 50.8 Å². The van der Waals surface area contributed by atoms with Gasteiger partial charge in [-0.2, -0.15) is 0 Å². The summed E-state index contributed by atoms with van der Waals surface area (Å²) in [6, 6.07) is 5.09. The highest BCUT2D eigenvalue weighted by Gasteiger charge is 2.36. The van der Waals surface area contributed by atoms with E-state index in [0.717, 1.165) is 5.56 Å². The minimum atomic E-state index is -0.630. The molecular formula is C21H21Cl3N2O3. The lowest BCUT2D eigenvalue weighted by Gasteiger charge is -2.22. The van der Waals surface area contributed by atoms with Crippen molar-refractivity contribution in [3.8, 4) is 11.1 Å². The number of ether oxygens (including phenoxy) is 1. The molecule has 2 heterocycles. The van der Waals surface area contributed by atoms with E-state index in [1.165, 1.54) is 4.90 Å². The van der Waals surface area contributed by atoms with Crippen LogP contribution in [0.4, 0.5) is 0 Å². The number of fused-ring (bicyclic) bond motifs is 1. The van der Waals surface area contributed by atoms with Crippen molar-refractivity contribution >= 4 is 46.7 Å². The Kier molecular flexibility index (Phi) is 6.13. The van der Waals surface area contributed by atoms with Crippen LogP contribution in [-0.2, 0) is 22.0 Å². The van der Waals surface area contributed by atoms with Gasteiger partial charge in [0, 0.05) is 32.7 Å². The minimum Gasteiger partial charge on any atom is -0.459 e. The van der Waals surface area contributed by atoms with Gasteiger partial charge in [0.15, 0.2) is 0 Å². The zero-order chi connectivity index (χ0) is 21.5. The number of carbonyl (C=O) groups excluding carboxylic acids is 2. The molecule has 1 aromatic carbocycles. The van der Waals surface area contributed by atoms with E-state index in [4.69, 9.17) is 39.5 Å². The Morgan fingerprint density at radius 2 is 1.93 bits per heavy atom. The molecule has 1 amide bonds. The number of nitrogens with zero attached hydrogens (tertiary/aromatic N) is 2. The molecule has 0 fully saturated rings. The summed E-state index contributed by atoms with van der Waals surface area (Å²) in [7, 11) is 0. The van der Waals surface area contributed by atoms with Crippen LogP contribution in [0.25, 0.3) is 11.1 Å². The van der Waals surface area contributed by atoms with E-state index in [-0.39, 0.29) is 24.9 Å². The quantitative estimate of drug-likeness (QED) is 0.457. The average molecular weight is 456 g/mol. The summed E-state index contributed by atoms with van der Waals surface area (Å²) < 4.78 is 5.35. The summed E-state index contributed by atoms with van der Waals surface area (Å²) >= 11 is 18.7. The van der Waals surface area contributed by atoms with Crippen LogP contribution in [0.15, 0.2) is 18.2 Å². The fraction of sp³-hybridized carbons (Fsp3) is 0.381. The van der Waals surface area contributed by atoms with Gasteiger partial charge in [-0.25, -0.2) is 0 Å². The fourth-order valence-electron chi connectivity index (χ4n) is 3.37.